The zero-order valence-electron chi connectivity index (χ0n) is 13.0. The van der Waals surface area contributed by atoms with Crippen LogP contribution in [0.3, 0.4) is 0 Å². The molecule has 1 fully saturated rings. The van der Waals surface area contributed by atoms with E-state index in [9.17, 15) is 9.59 Å². The zero-order valence-corrected chi connectivity index (χ0v) is 14.6. The Morgan fingerprint density at radius 3 is 2.62 bits per heavy atom. The van der Waals surface area contributed by atoms with Gasteiger partial charge in [0, 0.05) is 23.5 Å². The first-order valence-corrected chi connectivity index (χ1v) is 9.58. The first kappa shape index (κ1) is 15.4. The molecule has 6 heteroatoms. The number of carbonyl (C=O) groups excluding carboxylic acids is 2. The molecule has 3 heterocycles. The van der Waals surface area contributed by atoms with E-state index in [0.29, 0.717) is 4.88 Å². The van der Waals surface area contributed by atoms with Crippen molar-refractivity contribution < 1.29 is 9.59 Å². The molecule has 2 aromatic heterocycles. The lowest BCUT2D eigenvalue weighted by Gasteiger charge is -2.13. The molecule has 1 aliphatic rings. The molecule has 4 rings (SSSR count). The average molecular weight is 356 g/mol. The summed E-state index contributed by atoms with van der Waals surface area (Å²) in [4.78, 5) is 28.0. The van der Waals surface area contributed by atoms with Gasteiger partial charge in [-0.3, -0.25) is 9.59 Å². The van der Waals surface area contributed by atoms with Gasteiger partial charge in [0.15, 0.2) is 0 Å². The summed E-state index contributed by atoms with van der Waals surface area (Å²) < 4.78 is 1.06. The van der Waals surface area contributed by atoms with Crippen LogP contribution in [0.15, 0.2) is 41.8 Å². The van der Waals surface area contributed by atoms with Crippen LogP contribution in [0.2, 0.25) is 0 Å². The zero-order chi connectivity index (χ0) is 16.5. The molecule has 0 bridgehead atoms. The van der Waals surface area contributed by atoms with Crippen molar-refractivity contribution >= 4 is 50.3 Å². The highest BCUT2D eigenvalue weighted by atomic mass is 32.1. The predicted molar refractivity (Wildman–Crippen MR) is 99.2 cm³/mol. The van der Waals surface area contributed by atoms with E-state index in [1.807, 2.05) is 40.6 Å². The summed E-state index contributed by atoms with van der Waals surface area (Å²) in [6, 6.07) is 11.4. The normalized spacial score (nSPS) is 14.2. The minimum Gasteiger partial charge on any atom is -0.338 e. The van der Waals surface area contributed by atoms with Gasteiger partial charge in [0.05, 0.1) is 9.75 Å². The molecule has 1 aromatic carbocycles. The van der Waals surface area contributed by atoms with Gasteiger partial charge in [0.2, 0.25) is 0 Å². The van der Waals surface area contributed by atoms with Crippen molar-refractivity contribution in [1.29, 1.82) is 0 Å². The third kappa shape index (κ3) is 2.95. The number of nitrogens with zero attached hydrogens (tertiary/aromatic N) is 1. The van der Waals surface area contributed by atoms with Gasteiger partial charge in [-0.25, -0.2) is 0 Å². The van der Waals surface area contributed by atoms with Gasteiger partial charge in [-0.1, -0.05) is 6.07 Å². The number of fused-ring (bicyclic) bond motifs is 1. The molecule has 122 valence electrons. The number of nitrogens with one attached hydrogen (secondary N) is 1. The Balaban J connectivity index is 1.57. The molecule has 0 atom stereocenters. The Morgan fingerprint density at radius 2 is 1.88 bits per heavy atom. The minimum atomic E-state index is -0.104. The Bertz CT molecular complexity index is 893. The lowest BCUT2D eigenvalue weighted by Crippen LogP contribution is -2.26. The van der Waals surface area contributed by atoms with Gasteiger partial charge in [0.1, 0.15) is 0 Å². The van der Waals surface area contributed by atoms with Crippen LogP contribution in [0.25, 0.3) is 10.1 Å². The monoisotopic (exact) mass is 356 g/mol. The van der Waals surface area contributed by atoms with E-state index in [1.54, 1.807) is 6.07 Å². The molecule has 1 aliphatic heterocycles. The maximum absolute atomic E-state index is 12.5. The first-order valence-electron chi connectivity index (χ1n) is 7.88. The molecule has 4 nitrogen and oxygen atoms in total. The molecule has 1 saturated heterocycles. The maximum atomic E-state index is 12.5. The number of rotatable bonds is 3. The molecule has 3 aromatic rings. The highest BCUT2D eigenvalue weighted by molar-refractivity contribution is 7.20. The van der Waals surface area contributed by atoms with Crippen molar-refractivity contribution in [2.45, 2.75) is 12.8 Å². The minimum absolute atomic E-state index is 0.104. The van der Waals surface area contributed by atoms with E-state index in [2.05, 4.69) is 5.32 Å². The molecule has 0 saturated carbocycles. The number of amides is 2. The molecular formula is C18H16N2O2S2. The molecule has 0 unspecified atom stereocenters. The highest BCUT2D eigenvalue weighted by Crippen LogP contribution is 2.30. The van der Waals surface area contributed by atoms with Crippen LogP contribution in [0.5, 0.6) is 0 Å². The molecule has 24 heavy (non-hydrogen) atoms. The van der Waals surface area contributed by atoms with Crippen LogP contribution >= 0.6 is 22.7 Å². The molecule has 0 radical (unpaired) electrons. The van der Waals surface area contributed by atoms with Crippen molar-refractivity contribution in [3.63, 3.8) is 0 Å². The lowest BCUT2D eigenvalue weighted by molar-refractivity contribution is 0.0797. The molecular weight excluding hydrogens is 340 g/mol. The number of benzene rings is 1. The van der Waals surface area contributed by atoms with Crippen molar-refractivity contribution in [3.8, 4) is 0 Å². The van der Waals surface area contributed by atoms with Gasteiger partial charge in [-0.15, -0.1) is 22.7 Å². The Morgan fingerprint density at radius 1 is 1.04 bits per heavy atom. The predicted octanol–water partition coefficient (Wildman–Crippen LogP) is 4.45. The summed E-state index contributed by atoms with van der Waals surface area (Å²) in [5, 5.41) is 5.79. The number of thiophene rings is 2. The molecule has 1 N–H and O–H groups in total. The van der Waals surface area contributed by atoms with Crippen molar-refractivity contribution in [2.24, 2.45) is 0 Å². The van der Waals surface area contributed by atoms with E-state index in [-0.39, 0.29) is 11.8 Å². The van der Waals surface area contributed by atoms with E-state index in [1.165, 1.54) is 22.7 Å². The number of anilines is 1. The van der Waals surface area contributed by atoms with Crippen LogP contribution in [0, 0.1) is 0 Å². The summed E-state index contributed by atoms with van der Waals surface area (Å²) in [7, 11) is 0. The van der Waals surface area contributed by atoms with Crippen molar-refractivity contribution in [1.82, 2.24) is 4.90 Å². The number of hydrogen-bond acceptors (Lipinski definition) is 4. The summed E-state index contributed by atoms with van der Waals surface area (Å²) in [6.07, 6.45) is 2.19. The van der Waals surface area contributed by atoms with Crippen molar-refractivity contribution in [2.75, 3.05) is 18.4 Å². The Labute approximate surface area is 147 Å². The molecule has 2 amide bonds. The molecule has 0 spiro atoms. The third-order valence-corrected chi connectivity index (χ3v) is 6.10. The van der Waals surface area contributed by atoms with Gasteiger partial charge in [-0.05, 0) is 53.9 Å². The average Bonchev–Trinajstić information content (AvgIpc) is 3.33. The Kier molecular flexibility index (Phi) is 4.08. The fourth-order valence-corrected chi connectivity index (χ4v) is 4.53. The second kappa shape index (κ2) is 6.37. The first-order chi connectivity index (χ1) is 11.7. The highest BCUT2D eigenvalue weighted by Gasteiger charge is 2.21. The van der Waals surface area contributed by atoms with Crippen LogP contribution in [-0.4, -0.2) is 29.8 Å². The fraction of sp³-hybridized carbons (Fsp3) is 0.222. The second-order valence-corrected chi connectivity index (χ2v) is 7.83. The second-order valence-electron chi connectivity index (χ2n) is 5.79. The van der Waals surface area contributed by atoms with E-state index < -0.39 is 0 Å². The standard InChI is InChI=1S/C18H16N2O2S2/c21-17(15-4-3-9-23-15)19-13-5-6-14-12(10-13)11-16(24-14)18(22)20-7-1-2-8-20/h3-6,9-11H,1-2,7-8H2,(H,19,21). The largest absolute Gasteiger partial charge is 0.338 e. The van der Waals surface area contributed by atoms with Crippen molar-refractivity contribution in [3.05, 3.63) is 51.5 Å². The number of likely N-dealkylation sites (tertiary alicyclic amines) is 1. The summed E-state index contributed by atoms with van der Waals surface area (Å²) in [5.74, 6) is 0.0193. The molecule has 0 aliphatic carbocycles. The van der Waals surface area contributed by atoms with E-state index in [4.69, 9.17) is 0 Å². The van der Waals surface area contributed by atoms with Gasteiger partial charge < -0.3 is 10.2 Å². The van der Waals surface area contributed by atoms with Crippen LogP contribution in [0.1, 0.15) is 32.2 Å². The maximum Gasteiger partial charge on any atom is 0.265 e. The van der Waals surface area contributed by atoms with Gasteiger partial charge in [-0.2, -0.15) is 0 Å². The Hall–Kier alpha value is -2.18. The topological polar surface area (TPSA) is 49.4 Å². The third-order valence-electron chi connectivity index (χ3n) is 4.12. The number of hydrogen-bond donors (Lipinski definition) is 1. The summed E-state index contributed by atoms with van der Waals surface area (Å²) >= 11 is 2.93. The van der Waals surface area contributed by atoms with Crippen LogP contribution in [-0.2, 0) is 0 Å². The van der Waals surface area contributed by atoms with Crippen LogP contribution in [0.4, 0.5) is 5.69 Å². The fourth-order valence-electron chi connectivity index (χ4n) is 2.90. The quantitative estimate of drug-likeness (QED) is 0.754. The summed E-state index contributed by atoms with van der Waals surface area (Å²) in [6.45, 7) is 1.71. The number of carbonyl (C=O) groups is 2. The van der Waals surface area contributed by atoms with Gasteiger partial charge >= 0.3 is 0 Å². The van der Waals surface area contributed by atoms with Gasteiger partial charge in [0.25, 0.3) is 11.8 Å². The SMILES string of the molecule is O=C(Nc1ccc2sc(C(=O)N3CCCC3)cc2c1)c1cccs1. The lowest BCUT2D eigenvalue weighted by atomic mass is 10.2. The van der Waals surface area contributed by atoms with E-state index >= 15 is 0 Å². The summed E-state index contributed by atoms with van der Waals surface area (Å²) in [5.41, 5.74) is 0.749. The van der Waals surface area contributed by atoms with E-state index in [0.717, 1.165) is 46.6 Å². The van der Waals surface area contributed by atoms with Crippen LogP contribution < -0.4 is 5.32 Å². The smallest absolute Gasteiger partial charge is 0.265 e.